The number of halogens is 3. The minimum Gasteiger partial charge on any atom is -0.481 e. The predicted molar refractivity (Wildman–Crippen MR) is 54.5 cm³/mol. The van der Waals surface area contributed by atoms with E-state index in [-0.39, 0.29) is 5.56 Å². The number of carboxylic acid groups (broad SMARTS) is 1. The molecule has 1 fully saturated rings. The molecule has 0 atom stereocenters. The summed E-state index contributed by atoms with van der Waals surface area (Å²) in [5.41, 5.74) is -1.56. The number of carboxylic acids is 1. The van der Waals surface area contributed by atoms with Crippen LogP contribution in [0.5, 0.6) is 0 Å². The van der Waals surface area contributed by atoms with Gasteiger partial charge in [-0.15, -0.1) is 0 Å². The van der Waals surface area contributed by atoms with Gasteiger partial charge in [-0.05, 0) is 25.0 Å². The minimum absolute atomic E-state index is 0.215. The van der Waals surface area contributed by atoms with Gasteiger partial charge in [0.15, 0.2) is 0 Å². The van der Waals surface area contributed by atoms with Gasteiger partial charge in [0, 0.05) is 5.56 Å². The summed E-state index contributed by atoms with van der Waals surface area (Å²) in [7, 11) is 0. The van der Waals surface area contributed by atoms with Crippen molar-refractivity contribution in [1.29, 1.82) is 0 Å². The molecule has 1 aromatic carbocycles. The van der Waals surface area contributed by atoms with Crippen molar-refractivity contribution in [2.45, 2.75) is 24.7 Å². The fourth-order valence-electron chi connectivity index (χ4n) is 2.07. The zero-order valence-corrected chi connectivity index (χ0v) is 9.02. The third-order valence-electron chi connectivity index (χ3n) is 3.14. The zero-order chi connectivity index (χ0) is 11.9. The van der Waals surface area contributed by atoms with E-state index >= 15 is 0 Å². The molecule has 0 saturated heterocycles. The molecular weight excluding hydrogens is 238 g/mol. The Morgan fingerprint density at radius 3 is 2.31 bits per heavy atom. The molecule has 1 N–H and O–H groups in total. The second-order valence-electron chi connectivity index (χ2n) is 3.96. The van der Waals surface area contributed by atoms with Crippen molar-refractivity contribution >= 4 is 17.6 Å². The van der Waals surface area contributed by atoms with Crippen LogP contribution in [0.15, 0.2) is 12.1 Å². The third kappa shape index (κ3) is 1.40. The molecule has 16 heavy (non-hydrogen) atoms. The monoisotopic (exact) mass is 246 g/mol. The van der Waals surface area contributed by atoms with E-state index < -0.39 is 28.0 Å². The number of hydrogen-bond acceptors (Lipinski definition) is 1. The summed E-state index contributed by atoms with van der Waals surface area (Å²) in [5, 5.41) is 8.71. The first-order valence-electron chi connectivity index (χ1n) is 4.86. The van der Waals surface area contributed by atoms with Gasteiger partial charge in [0.05, 0.1) is 10.4 Å². The van der Waals surface area contributed by atoms with Crippen molar-refractivity contribution < 1.29 is 18.7 Å². The summed E-state index contributed by atoms with van der Waals surface area (Å²) < 4.78 is 26.8. The van der Waals surface area contributed by atoms with E-state index in [4.69, 9.17) is 16.7 Å². The molecule has 0 bridgehead atoms. The van der Waals surface area contributed by atoms with E-state index in [1.165, 1.54) is 0 Å². The Bertz CT molecular complexity index is 456. The fraction of sp³-hybridized carbons (Fsp3) is 0.364. The summed E-state index contributed by atoms with van der Waals surface area (Å²) >= 11 is 5.66. The Morgan fingerprint density at radius 1 is 1.31 bits per heavy atom. The molecule has 1 aliphatic rings. The molecule has 0 spiro atoms. The molecule has 0 aromatic heterocycles. The van der Waals surface area contributed by atoms with Crippen LogP contribution in [0.1, 0.15) is 24.8 Å². The van der Waals surface area contributed by atoms with Crippen LogP contribution in [0.3, 0.4) is 0 Å². The van der Waals surface area contributed by atoms with E-state index in [0.717, 1.165) is 12.1 Å². The lowest BCUT2D eigenvalue weighted by Gasteiger charge is -2.38. The van der Waals surface area contributed by atoms with Gasteiger partial charge in [-0.2, -0.15) is 0 Å². The number of benzene rings is 1. The summed E-state index contributed by atoms with van der Waals surface area (Å²) in [5.74, 6) is -2.69. The number of hydrogen-bond donors (Lipinski definition) is 1. The third-order valence-corrected chi connectivity index (χ3v) is 3.51. The van der Waals surface area contributed by atoms with Crippen LogP contribution in [0.25, 0.3) is 0 Å². The molecule has 2 nitrogen and oxygen atoms in total. The van der Waals surface area contributed by atoms with E-state index in [2.05, 4.69) is 0 Å². The molecule has 0 heterocycles. The van der Waals surface area contributed by atoms with Crippen LogP contribution in [0.4, 0.5) is 8.78 Å². The highest BCUT2D eigenvalue weighted by Crippen LogP contribution is 2.47. The first kappa shape index (κ1) is 11.3. The van der Waals surface area contributed by atoms with Gasteiger partial charge in [0.25, 0.3) is 0 Å². The predicted octanol–water partition coefficient (Wildman–Crippen LogP) is 3.12. The van der Waals surface area contributed by atoms with Gasteiger partial charge in [0.1, 0.15) is 11.6 Å². The molecule has 1 saturated carbocycles. The van der Waals surface area contributed by atoms with Gasteiger partial charge in [0.2, 0.25) is 0 Å². The molecular formula is C11H9ClF2O2. The molecule has 5 heteroatoms. The van der Waals surface area contributed by atoms with Crippen LogP contribution in [0.2, 0.25) is 5.02 Å². The molecule has 0 radical (unpaired) electrons. The van der Waals surface area contributed by atoms with Gasteiger partial charge in [-0.1, -0.05) is 18.0 Å². The summed E-state index contributed by atoms with van der Waals surface area (Å²) in [6, 6.07) is 1.81. The molecule has 1 aliphatic carbocycles. The average molecular weight is 247 g/mol. The highest BCUT2D eigenvalue weighted by atomic mass is 35.5. The largest absolute Gasteiger partial charge is 0.481 e. The second kappa shape index (κ2) is 3.70. The maximum absolute atomic E-state index is 13.6. The lowest BCUT2D eigenvalue weighted by Crippen LogP contribution is -2.43. The van der Waals surface area contributed by atoms with Gasteiger partial charge in [-0.3, -0.25) is 4.79 Å². The highest BCUT2D eigenvalue weighted by molar-refractivity contribution is 6.32. The van der Waals surface area contributed by atoms with Crippen molar-refractivity contribution in [1.82, 2.24) is 0 Å². The highest BCUT2D eigenvalue weighted by Gasteiger charge is 2.49. The summed E-state index contributed by atoms with van der Waals surface area (Å²) in [6.45, 7) is 0. The molecule has 0 amide bonds. The fourth-order valence-corrected chi connectivity index (χ4v) is 2.40. The molecule has 2 rings (SSSR count). The van der Waals surface area contributed by atoms with Gasteiger partial charge >= 0.3 is 5.97 Å². The number of carbonyl (C=O) groups is 1. The van der Waals surface area contributed by atoms with Crippen LogP contribution >= 0.6 is 11.6 Å². The van der Waals surface area contributed by atoms with Crippen molar-refractivity contribution in [3.63, 3.8) is 0 Å². The smallest absolute Gasteiger partial charge is 0.314 e. The van der Waals surface area contributed by atoms with Crippen LogP contribution in [-0.4, -0.2) is 11.1 Å². The summed E-state index contributed by atoms with van der Waals surface area (Å²) in [6.07, 6.45) is 1.27. The zero-order valence-electron chi connectivity index (χ0n) is 8.27. The Kier molecular flexibility index (Phi) is 2.62. The number of rotatable bonds is 2. The van der Waals surface area contributed by atoms with Crippen molar-refractivity contribution in [3.8, 4) is 0 Å². The van der Waals surface area contributed by atoms with Crippen molar-refractivity contribution in [2.24, 2.45) is 0 Å². The Hall–Kier alpha value is -1.16. The molecule has 0 aliphatic heterocycles. The van der Waals surface area contributed by atoms with E-state index in [1.54, 1.807) is 0 Å². The SMILES string of the molecule is O=C(O)C1(c2c(F)ccc(F)c2Cl)CCC1. The lowest BCUT2D eigenvalue weighted by molar-refractivity contribution is -0.147. The standard InChI is InChI=1S/C11H9ClF2O2/c12-9-7(14)3-2-6(13)8(9)11(10(15)16)4-1-5-11/h2-3H,1,4-5H2,(H,15,16). The lowest BCUT2D eigenvalue weighted by atomic mass is 9.64. The van der Waals surface area contributed by atoms with Gasteiger partial charge in [-0.25, -0.2) is 8.78 Å². The quantitative estimate of drug-likeness (QED) is 0.814. The molecule has 0 unspecified atom stereocenters. The molecule has 86 valence electrons. The first-order valence-corrected chi connectivity index (χ1v) is 5.24. The minimum atomic E-state index is -1.34. The Labute approximate surface area is 95.8 Å². The normalized spacial score (nSPS) is 17.9. The summed E-state index contributed by atoms with van der Waals surface area (Å²) in [4.78, 5) is 11.2. The molecule has 1 aromatic rings. The van der Waals surface area contributed by atoms with E-state index in [0.29, 0.717) is 19.3 Å². The Morgan fingerprint density at radius 2 is 1.88 bits per heavy atom. The maximum atomic E-state index is 13.6. The average Bonchev–Trinajstić information content (AvgIpc) is 2.15. The van der Waals surface area contributed by atoms with Crippen LogP contribution < -0.4 is 0 Å². The van der Waals surface area contributed by atoms with Crippen molar-refractivity contribution in [2.75, 3.05) is 0 Å². The van der Waals surface area contributed by atoms with Crippen molar-refractivity contribution in [3.05, 3.63) is 34.4 Å². The van der Waals surface area contributed by atoms with Crippen LogP contribution in [-0.2, 0) is 10.2 Å². The van der Waals surface area contributed by atoms with Crippen LogP contribution in [0, 0.1) is 11.6 Å². The first-order chi connectivity index (χ1) is 7.49. The van der Waals surface area contributed by atoms with Gasteiger partial charge < -0.3 is 5.11 Å². The number of aliphatic carboxylic acids is 1. The van der Waals surface area contributed by atoms with E-state index in [1.807, 2.05) is 0 Å². The maximum Gasteiger partial charge on any atom is 0.314 e. The topological polar surface area (TPSA) is 37.3 Å². The van der Waals surface area contributed by atoms with E-state index in [9.17, 15) is 13.6 Å². The second-order valence-corrected chi connectivity index (χ2v) is 4.34. The Balaban J connectivity index is 2.63.